The molecule has 0 aromatic rings. The van der Waals surface area contributed by atoms with Crippen molar-refractivity contribution in [1.29, 1.82) is 0 Å². The third-order valence-corrected chi connectivity index (χ3v) is 4.07. The van der Waals surface area contributed by atoms with Crippen LogP contribution in [0.5, 0.6) is 0 Å². The first-order chi connectivity index (χ1) is 12.1. The molecule has 7 nitrogen and oxygen atoms in total. The fourth-order valence-corrected chi connectivity index (χ4v) is 3.01. The molecule has 2 heterocycles. The molecular formula is C18H13N3O4. The summed E-state index contributed by atoms with van der Waals surface area (Å²) in [7, 11) is 0. The number of aliphatic carboxylic acids is 1. The molecule has 1 amide bonds. The van der Waals surface area contributed by atoms with E-state index in [4.69, 9.17) is 9.94 Å². The van der Waals surface area contributed by atoms with Crippen LogP contribution in [0.2, 0.25) is 0 Å². The largest absolute Gasteiger partial charge is 0.479 e. The maximum absolute atomic E-state index is 12.5. The fraction of sp³-hybridized carbons (Fsp3) is 0.167. The van der Waals surface area contributed by atoms with Crippen LogP contribution >= 0.6 is 0 Å². The maximum Gasteiger partial charge on any atom is 0.344 e. The number of amides is 1. The van der Waals surface area contributed by atoms with E-state index in [0.717, 1.165) is 16.9 Å². The van der Waals surface area contributed by atoms with Gasteiger partial charge in [-0.2, -0.15) is 0 Å². The lowest BCUT2D eigenvalue weighted by Crippen LogP contribution is -2.13. The lowest BCUT2D eigenvalue weighted by atomic mass is 9.93. The van der Waals surface area contributed by atoms with Crippen molar-refractivity contribution < 1.29 is 19.5 Å². The Morgan fingerprint density at radius 2 is 1.80 bits per heavy atom. The molecule has 0 unspecified atom stereocenters. The topological polar surface area (TPSA) is 101 Å². The summed E-state index contributed by atoms with van der Waals surface area (Å²) in [5.74, 6) is -1.49. The molecule has 124 valence electrons. The molecule has 0 saturated heterocycles. The minimum atomic E-state index is -1.13. The highest BCUT2D eigenvalue weighted by molar-refractivity contribution is 6.39. The van der Waals surface area contributed by atoms with Gasteiger partial charge in [-0.15, -0.1) is 0 Å². The molecule has 0 saturated carbocycles. The average molecular weight is 335 g/mol. The smallest absolute Gasteiger partial charge is 0.344 e. The predicted molar refractivity (Wildman–Crippen MR) is 91.6 cm³/mol. The number of rotatable bonds is 3. The van der Waals surface area contributed by atoms with Gasteiger partial charge in [-0.25, -0.2) is 14.8 Å². The molecule has 0 bridgehead atoms. The van der Waals surface area contributed by atoms with Gasteiger partial charge in [0, 0.05) is 24.0 Å². The van der Waals surface area contributed by atoms with Crippen LogP contribution in [0.15, 0.2) is 74.0 Å². The molecule has 0 fully saturated rings. The SMILES string of the molecule is O=C(O)CO/N=C1\C2=CC=CCC2=N\C1=C1/C(=O)N=C2CC=CC=C21. The van der Waals surface area contributed by atoms with Crippen molar-refractivity contribution in [2.75, 3.05) is 6.61 Å². The monoisotopic (exact) mass is 335 g/mol. The normalized spacial score (nSPS) is 25.3. The molecule has 4 rings (SSSR count). The van der Waals surface area contributed by atoms with Crippen LogP contribution in [0.3, 0.4) is 0 Å². The number of aliphatic imine (C=N–C) groups is 2. The average Bonchev–Trinajstić information content (AvgIpc) is 3.11. The van der Waals surface area contributed by atoms with Crippen molar-refractivity contribution in [1.82, 2.24) is 0 Å². The van der Waals surface area contributed by atoms with E-state index in [1.165, 1.54) is 0 Å². The van der Waals surface area contributed by atoms with Crippen LogP contribution in [0.4, 0.5) is 0 Å². The summed E-state index contributed by atoms with van der Waals surface area (Å²) in [6, 6.07) is 0. The summed E-state index contributed by atoms with van der Waals surface area (Å²) in [6.07, 6.45) is 12.5. The van der Waals surface area contributed by atoms with Gasteiger partial charge in [-0.1, -0.05) is 41.6 Å². The summed E-state index contributed by atoms with van der Waals surface area (Å²) >= 11 is 0. The number of allylic oxidation sites excluding steroid dienone is 7. The number of carbonyl (C=O) groups excluding carboxylic acids is 1. The van der Waals surface area contributed by atoms with Crippen molar-refractivity contribution in [3.8, 4) is 0 Å². The van der Waals surface area contributed by atoms with E-state index in [0.29, 0.717) is 35.5 Å². The quantitative estimate of drug-likeness (QED) is 0.629. The first-order valence-corrected chi connectivity index (χ1v) is 7.76. The summed E-state index contributed by atoms with van der Waals surface area (Å²) in [5.41, 5.74) is 4.11. The summed E-state index contributed by atoms with van der Waals surface area (Å²) in [6.45, 7) is -0.564. The van der Waals surface area contributed by atoms with Gasteiger partial charge in [0.05, 0.1) is 17.0 Å². The number of hydrogen-bond donors (Lipinski definition) is 1. The van der Waals surface area contributed by atoms with Crippen LogP contribution in [0.25, 0.3) is 0 Å². The van der Waals surface area contributed by atoms with E-state index in [9.17, 15) is 9.59 Å². The Morgan fingerprint density at radius 1 is 1.12 bits per heavy atom. The predicted octanol–water partition coefficient (Wildman–Crippen LogP) is 1.91. The van der Waals surface area contributed by atoms with Crippen LogP contribution < -0.4 is 0 Å². The van der Waals surface area contributed by atoms with Gasteiger partial charge >= 0.3 is 5.97 Å². The molecule has 0 radical (unpaired) electrons. The zero-order valence-corrected chi connectivity index (χ0v) is 13.1. The Bertz CT molecular complexity index is 939. The zero-order valence-electron chi connectivity index (χ0n) is 13.1. The molecule has 0 spiro atoms. The zero-order chi connectivity index (χ0) is 17.4. The van der Waals surface area contributed by atoms with Crippen molar-refractivity contribution in [3.05, 3.63) is 58.9 Å². The van der Waals surface area contributed by atoms with E-state index < -0.39 is 12.6 Å². The molecule has 1 N–H and O–H groups in total. The van der Waals surface area contributed by atoms with E-state index in [-0.39, 0.29) is 5.91 Å². The van der Waals surface area contributed by atoms with Crippen LogP contribution in [0.1, 0.15) is 12.8 Å². The third-order valence-electron chi connectivity index (χ3n) is 4.07. The first-order valence-electron chi connectivity index (χ1n) is 7.76. The highest BCUT2D eigenvalue weighted by atomic mass is 16.6. The molecule has 0 atom stereocenters. The van der Waals surface area contributed by atoms with E-state index in [1.54, 1.807) is 0 Å². The van der Waals surface area contributed by atoms with Gasteiger partial charge in [0.1, 0.15) is 11.4 Å². The molecule has 2 aliphatic carbocycles. The number of oxime groups is 1. The minimum absolute atomic E-state index is 0.359. The van der Waals surface area contributed by atoms with Crippen LogP contribution in [-0.2, 0) is 14.4 Å². The first kappa shape index (κ1) is 15.2. The fourth-order valence-electron chi connectivity index (χ4n) is 3.01. The molecule has 7 heteroatoms. The number of hydrogen-bond acceptors (Lipinski definition) is 5. The van der Waals surface area contributed by atoms with Gasteiger partial charge < -0.3 is 9.94 Å². The Labute approximate surface area is 142 Å². The maximum atomic E-state index is 12.5. The van der Waals surface area contributed by atoms with Gasteiger partial charge in [0.2, 0.25) is 6.61 Å². The Morgan fingerprint density at radius 3 is 2.52 bits per heavy atom. The van der Waals surface area contributed by atoms with Gasteiger partial charge in [0.25, 0.3) is 5.91 Å². The van der Waals surface area contributed by atoms with Gasteiger partial charge in [0.15, 0.2) is 0 Å². The molecule has 25 heavy (non-hydrogen) atoms. The van der Waals surface area contributed by atoms with E-state index >= 15 is 0 Å². The number of carboxylic acids is 1. The highest BCUT2D eigenvalue weighted by Gasteiger charge is 2.36. The molecular weight excluding hydrogens is 322 g/mol. The molecule has 0 aromatic carbocycles. The molecule has 0 aromatic heterocycles. The number of fused-ring (bicyclic) bond motifs is 2. The van der Waals surface area contributed by atoms with Crippen LogP contribution in [-0.4, -0.2) is 40.7 Å². The summed E-state index contributed by atoms with van der Waals surface area (Å²) in [4.78, 5) is 36.7. The Hall–Kier alpha value is -3.35. The highest BCUT2D eigenvalue weighted by Crippen LogP contribution is 2.35. The van der Waals surface area contributed by atoms with Gasteiger partial charge in [-0.05, 0) is 0 Å². The second-order valence-corrected chi connectivity index (χ2v) is 5.68. The third kappa shape index (κ3) is 2.59. The molecule has 2 aliphatic heterocycles. The lowest BCUT2D eigenvalue weighted by molar-refractivity contribution is -0.142. The Kier molecular flexibility index (Phi) is 3.61. The number of carboxylic acid groups (broad SMARTS) is 1. The second-order valence-electron chi connectivity index (χ2n) is 5.68. The number of carbonyl (C=O) groups is 2. The van der Waals surface area contributed by atoms with Crippen molar-refractivity contribution in [2.24, 2.45) is 15.1 Å². The standard InChI is InChI=1S/C18H13N3O4/c22-14(23)9-25-21-16-11-6-2-4-8-13(11)19-17(16)15-10-5-1-3-7-12(10)20-18(15)24/h1-6H,7-9H2,(H,22,23)/b17-15-,21-16+. The number of nitrogens with zero attached hydrogens (tertiary/aromatic N) is 3. The van der Waals surface area contributed by atoms with Crippen LogP contribution in [0, 0.1) is 0 Å². The van der Waals surface area contributed by atoms with Crippen molar-refractivity contribution in [3.63, 3.8) is 0 Å². The van der Waals surface area contributed by atoms with Crippen molar-refractivity contribution >= 4 is 29.0 Å². The van der Waals surface area contributed by atoms with E-state index in [2.05, 4.69) is 15.1 Å². The lowest BCUT2D eigenvalue weighted by Gasteiger charge is -2.08. The Balaban J connectivity index is 1.83. The summed E-state index contributed by atoms with van der Waals surface area (Å²) in [5, 5.41) is 12.7. The van der Waals surface area contributed by atoms with Crippen molar-refractivity contribution in [2.45, 2.75) is 12.8 Å². The minimum Gasteiger partial charge on any atom is -0.479 e. The van der Waals surface area contributed by atoms with E-state index in [1.807, 2.05) is 36.5 Å². The second kappa shape index (κ2) is 5.94. The van der Waals surface area contributed by atoms with Gasteiger partial charge in [-0.3, -0.25) is 4.79 Å². The molecule has 4 aliphatic rings. The summed E-state index contributed by atoms with van der Waals surface area (Å²) < 4.78 is 0.